The highest BCUT2D eigenvalue weighted by Gasteiger charge is 2.00. The van der Waals surface area contributed by atoms with Gasteiger partial charge in [-0.2, -0.15) is 0 Å². The molecule has 0 aliphatic heterocycles. The summed E-state index contributed by atoms with van der Waals surface area (Å²) in [5.74, 6) is -0.0651. The van der Waals surface area contributed by atoms with Crippen molar-refractivity contribution in [1.82, 2.24) is 4.98 Å². The van der Waals surface area contributed by atoms with Gasteiger partial charge in [0, 0.05) is 23.6 Å². The van der Waals surface area contributed by atoms with E-state index in [0.29, 0.717) is 0 Å². The number of rotatable bonds is 2. The van der Waals surface area contributed by atoms with Crippen molar-refractivity contribution < 1.29 is 4.79 Å². The van der Waals surface area contributed by atoms with Crippen molar-refractivity contribution in [1.29, 1.82) is 0 Å². The average Bonchev–Trinajstić information content (AvgIpc) is 2.71. The molecule has 2 rings (SSSR count). The number of carbonyl (C=O) groups excluding carboxylic acids is 1. The second-order valence-electron chi connectivity index (χ2n) is 3.08. The molecule has 0 fully saturated rings. The monoisotopic (exact) mass is 217 g/mol. The van der Waals surface area contributed by atoms with Gasteiger partial charge in [-0.25, -0.2) is 4.98 Å². The number of hydrogen-bond donors (Lipinski definition) is 1. The minimum atomic E-state index is -0.0651. The predicted molar refractivity (Wildman–Crippen MR) is 60.7 cm³/mol. The number of thiazole rings is 1. The third kappa shape index (κ3) is 2.41. The lowest BCUT2D eigenvalue weighted by Gasteiger charge is -2.02. The summed E-state index contributed by atoms with van der Waals surface area (Å²) in [5, 5.41) is 4.65. The van der Waals surface area contributed by atoms with Crippen LogP contribution in [0, 0.1) is 5.51 Å². The van der Waals surface area contributed by atoms with Crippen LogP contribution >= 0.6 is 11.3 Å². The number of nitrogens with zero attached hydrogens (tertiary/aromatic N) is 1. The van der Waals surface area contributed by atoms with Gasteiger partial charge in [0.1, 0.15) is 0 Å². The van der Waals surface area contributed by atoms with Crippen LogP contribution in [0.3, 0.4) is 0 Å². The molecule has 1 aromatic heterocycles. The molecule has 0 spiro atoms. The summed E-state index contributed by atoms with van der Waals surface area (Å²) < 4.78 is 0. The Bertz CT molecular complexity index is 448. The average molecular weight is 217 g/mol. The van der Waals surface area contributed by atoms with Gasteiger partial charge in [-0.3, -0.25) is 4.79 Å². The molecule has 0 bridgehead atoms. The zero-order chi connectivity index (χ0) is 10.7. The molecule has 0 saturated carbocycles. The molecule has 1 aromatic carbocycles. The maximum Gasteiger partial charge on any atom is 0.221 e. The van der Waals surface area contributed by atoms with Crippen LogP contribution in [0.15, 0.2) is 29.6 Å². The lowest BCUT2D eigenvalue weighted by atomic mass is 10.1. The Labute approximate surface area is 91.8 Å². The number of hydrogen-bond acceptors (Lipinski definition) is 3. The first-order valence-electron chi connectivity index (χ1n) is 4.45. The molecule has 15 heavy (non-hydrogen) atoms. The molecule has 0 saturated heterocycles. The van der Waals surface area contributed by atoms with E-state index in [1.54, 1.807) is 0 Å². The van der Waals surface area contributed by atoms with E-state index in [0.717, 1.165) is 16.9 Å². The first kappa shape index (κ1) is 9.86. The number of nitrogens with one attached hydrogen (secondary N) is 1. The second kappa shape index (κ2) is 4.23. The van der Waals surface area contributed by atoms with Gasteiger partial charge in [0.15, 0.2) is 5.51 Å². The molecule has 1 N–H and O–H groups in total. The summed E-state index contributed by atoms with van der Waals surface area (Å²) in [6.45, 7) is 1.49. The van der Waals surface area contributed by atoms with Crippen LogP contribution in [0.4, 0.5) is 5.69 Å². The summed E-state index contributed by atoms with van der Waals surface area (Å²) in [6, 6.07) is 7.56. The first-order valence-corrected chi connectivity index (χ1v) is 5.33. The van der Waals surface area contributed by atoms with Crippen molar-refractivity contribution in [3.05, 3.63) is 35.2 Å². The van der Waals surface area contributed by atoms with Gasteiger partial charge in [-0.05, 0) is 12.1 Å². The Kier molecular flexibility index (Phi) is 2.78. The zero-order valence-electron chi connectivity index (χ0n) is 8.15. The van der Waals surface area contributed by atoms with E-state index in [1.807, 2.05) is 29.6 Å². The zero-order valence-corrected chi connectivity index (χ0v) is 8.97. The molecule has 2 aromatic rings. The fourth-order valence-corrected chi connectivity index (χ4v) is 1.75. The fraction of sp³-hybridized carbons (Fsp3) is 0.0909. The van der Waals surface area contributed by atoms with E-state index in [1.165, 1.54) is 18.3 Å². The van der Waals surface area contributed by atoms with Gasteiger partial charge in [0.25, 0.3) is 0 Å². The van der Waals surface area contributed by atoms with Crippen molar-refractivity contribution in [2.75, 3.05) is 5.32 Å². The molecule has 0 aliphatic carbocycles. The Hall–Kier alpha value is -1.68. The van der Waals surface area contributed by atoms with Crippen molar-refractivity contribution in [3.8, 4) is 11.3 Å². The summed E-state index contributed by atoms with van der Waals surface area (Å²) in [4.78, 5) is 14.9. The molecular weight excluding hydrogens is 208 g/mol. The van der Waals surface area contributed by atoms with Crippen LogP contribution in [0.1, 0.15) is 6.92 Å². The second-order valence-corrected chi connectivity index (χ2v) is 3.74. The highest BCUT2D eigenvalue weighted by Crippen LogP contribution is 2.20. The molecule has 0 aliphatic rings. The summed E-state index contributed by atoms with van der Waals surface area (Å²) in [6.07, 6.45) is 0. The number of aromatic nitrogens is 1. The lowest BCUT2D eigenvalue weighted by molar-refractivity contribution is -0.114. The number of amides is 1. The van der Waals surface area contributed by atoms with Gasteiger partial charge < -0.3 is 5.32 Å². The standard InChI is InChI=1S/C11H9N2OS/c1-8(14)13-10-4-2-9(3-5-10)11-6-15-7-12-11/h2-6H,1H3,(H,13,14). The van der Waals surface area contributed by atoms with E-state index >= 15 is 0 Å². The van der Waals surface area contributed by atoms with E-state index in [4.69, 9.17) is 0 Å². The van der Waals surface area contributed by atoms with E-state index in [-0.39, 0.29) is 5.91 Å². The SMILES string of the molecule is CC(=O)Nc1ccc(-c2cs[c]n2)cc1. The molecule has 1 radical (unpaired) electrons. The Morgan fingerprint density at radius 2 is 2.13 bits per heavy atom. The lowest BCUT2D eigenvalue weighted by Crippen LogP contribution is -2.05. The van der Waals surface area contributed by atoms with Gasteiger partial charge in [-0.1, -0.05) is 12.1 Å². The molecule has 0 unspecified atom stereocenters. The smallest absolute Gasteiger partial charge is 0.221 e. The van der Waals surface area contributed by atoms with Crippen molar-refractivity contribution in [2.45, 2.75) is 6.92 Å². The summed E-state index contributed by atoms with van der Waals surface area (Å²) in [5.41, 5.74) is 5.53. The maximum absolute atomic E-state index is 10.8. The third-order valence-electron chi connectivity index (χ3n) is 1.89. The predicted octanol–water partition coefficient (Wildman–Crippen LogP) is 2.57. The normalized spacial score (nSPS) is 9.93. The van der Waals surface area contributed by atoms with Gasteiger partial charge in [0.2, 0.25) is 5.91 Å². The Balaban J connectivity index is 2.21. The quantitative estimate of drug-likeness (QED) is 0.840. The Morgan fingerprint density at radius 3 is 2.67 bits per heavy atom. The number of carbonyl (C=O) groups is 1. The van der Waals surface area contributed by atoms with Crippen molar-refractivity contribution in [2.24, 2.45) is 0 Å². The molecule has 0 atom stereocenters. The minimum Gasteiger partial charge on any atom is -0.326 e. The van der Waals surface area contributed by atoms with E-state index in [2.05, 4.69) is 15.8 Å². The van der Waals surface area contributed by atoms with Crippen molar-refractivity contribution >= 4 is 22.9 Å². The van der Waals surface area contributed by atoms with Crippen LogP contribution < -0.4 is 5.32 Å². The van der Waals surface area contributed by atoms with Crippen molar-refractivity contribution in [3.63, 3.8) is 0 Å². The van der Waals surface area contributed by atoms with Crippen LogP contribution in [0.25, 0.3) is 11.3 Å². The van der Waals surface area contributed by atoms with E-state index in [9.17, 15) is 4.79 Å². The highest BCUT2D eigenvalue weighted by atomic mass is 32.1. The molecule has 4 heteroatoms. The molecule has 1 heterocycles. The van der Waals surface area contributed by atoms with Crippen LogP contribution in [-0.2, 0) is 4.79 Å². The number of anilines is 1. The number of benzene rings is 1. The molecule has 1 amide bonds. The van der Waals surface area contributed by atoms with Gasteiger partial charge in [0.05, 0.1) is 5.69 Å². The first-order chi connectivity index (χ1) is 7.25. The molecule has 3 nitrogen and oxygen atoms in total. The largest absolute Gasteiger partial charge is 0.326 e. The molecule has 75 valence electrons. The van der Waals surface area contributed by atoms with Crippen LogP contribution in [-0.4, -0.2) is 10.9 Å². The summed E-state index contributed by atoms with van der Waals surface area (Å²) in [7, 11) is 0. The fourth-order valence-electron chi connectivity index (χ4n) is 1.24. The van der Waals surface area contributed by atoms with Crippen LogP contribution in [0.5, 0.6) is 0 Å². The van der Waals surface area contributed by atoms with Gasteiger partial charge in [-0.15, -0.1) is 11.3 Å². The maximum atomic E-state index is 10.8. The van der Waals surface area contributed by atoms with Gasteiger partial charge >= 0.3 is 0 Å². The highest BCUT2D eigenvalue weighted by molar-refractivity contribution is 7.07. The van der Waals surface area contributed by atoms with Crippen LogP contribution in [0.2, 0.25) is 0 Å². The topological polar surface area (TPSA) is 42.0 Å². The third-order valence-corrected chi connectivity index (χ3v) is 2.43. The minimum absolute atomic E-state index is 0.0651. The van der Waals surface area contributed by atoms with E-state index < -0.39 is 0 Å². The Morgan fingerprint density at radius 1 is 1.40 bits per heavy atom. The summed E-state index contributed by atoms with van der Waals surface area (Å²) >= 11 is 1.44. The molecular formula is C11H9N2OS.